The van der Waals surface area contributed by atoms with E-state index in [1.807, 2.05) is 12.2 Å². The molecule has 3 N–H and O–H groups in total. The van der Waals surface area contributed by atoms with E-state index >= 15 is 0 Å². The lowest BCUT2D eigenvalue weighted by Gasteiger charge is -2.29. The van der Waals surface area contributed by atoms with Crippen LogP contribution in [0.2, 0.25) is 0 Å². The van der Waals surface area contributed by atoms with Gasteiger partial charge in [0.05, 0.1) is 24.9 Å². The highest BCUT2D eigenvalue weighted by Crippen LogP contribution is 2.46. The van der Waals surface area contributed by atoms with Crippen molar-refractivity contribution < 1.29 is 46.3 Å². The number of benzene rings is 1. The second-order valence-corrected chi connectivity index (χ2v) is 16.7. The molecular formula is C35H44FN5O9S. The highest BCUT2D eigenvalue weighted by Gasteiger charge is 2.62. The molecule has 3 heterocycles. The second-order valence-electron chi connectivity index (χ2n) is 14.7. The van der Waals surface area contributed by atoms with Crippen LogP contribution in [0.5, 0.6) is 0 Å². The molecular weight excluding hydrogens is 685 g/mol. The molecule has 3 aliphatic carbocycles. The number of sulfonamides is 1. The minimum Gasteiger partial charge on any atom is -0.449 e. The third kappa shape index (κ3) is 7.85. The van der Waals surface area contributed by atoms with Gasteiger partial charge in [-0.25, -0.2) is 22.4 Å². The summed E-state index contributed by atoms with van der Waals surface area (Å²) in [7, 11) is -3.91. The Bertz CT molecular complexity index is 1730. The normalized spacial score (nSPS) is 30.1. The molecule has 0 aromatic heterocycles. The maximum atomic E-state index is 14.4. The Labute approximate surface area is 295 Å². The van der Waals surface area contributed by atoms with Gasteiger partial charge in [0.25, 0.3) is 5.91 Å². The number of allylic oxidation sites excluding steroid dienone is 1. The number of rotatable bonds is 7. The highest BCUT2D eigenvalue weighted by molar-refractivity contribution is 7.91. The van der Waals surface area contributed by atoms with E-state index in [1.165, 1.54) is 15.9 Å². The zero-order valence-electron chi connectivity index (χ0n) is 28.3. The van der Waals surface area contributed by atoms with Gasteiger partial charge in [0, 0.05) is 24.4 Å². The molecule has 7 rings (SSSR count). The van der Waals surface area contributed by atoms with Gasteiger partial charge < -0.3 is 25.0 Å². The number of carbonyl (C=O) groups excluding carboxylic acids is 5. The number of nitrogens with one attached hydrogen (secondary N) is 3. The number of alkyl carbamates (subject to hydrolysis) is 1. The molecule has 6 aliphatic rings. The van der Waals surface area contributed by atoms with Crippen molar-refractivity contribution in [2.24, 2.45) is 11.8 Å². The highest BCUT2D eigenvalue weighted by atomic mass is 32.2. The number of nitrogens with zero attached hydrogens (tertiary/aromatic N) is 2. The fourth-order valence-electron chi connectivity index (χ4n) is 7.24. The quantitative estimate of drug-likeness (QED) is 0.356. The minimum atomic E-state index is -3.91. The molecule has 0 bridgehead atoms. The van der Waals surface area contributed by atoms with E-state index in [4.69, 9.17) is 9.47 Å². The van der Waals surface area contributed by atoms with Crippen LogP contribution >= 0.6 is 0 Å². The number of fused-ring (bicyclic) bond motifs is 3. The Balaban J connectivity index is 1.12. The fourth-order valence-corrected chi connectivity index (χ4v) is 8.60. The Kier molecular flexibility index (Phi) is 9.71. The first kappa shape index (κ1) is 35.2. The Morgan fingerprint density at radius 3 is 2.59 bits per heavy atom. The molecule has 5 amide bonds. The van der Waals surface area contributed by atoms with Gasteiger partial charge in [-0.3, -0.25) is 24.0 Å². The lowest BCUT2D eigenvalue weighted by atomic mass is 10.1. The van der Waals surface area contributed by atoms with Crippen LogP contribution in [0.1, 0.15) is 81.8 Å². The summed E-state index contributed by atoms with van der Waals surface area (Å²) >= 11 is 0. The molecule has 1 saturated heterocycles. The maximum Gasteiger partial charge on any atom is 0.410 e. The first-order chi connectivity index (χ1) is 24.4. The zero-order valence-corrected chi connectivity index (χ0v) is 29.1. The lowest BCUT2D eigenvalue weighted by molar-refractivity contribution is -0.141. The van der Waals surface area contributed by atoms with E-state index in [0.29, 0.717) is 42.7 Å². The molecule has 4 fully saturated rings. The van der Waals surface area contributed by atoms with E-state index in [1.54, 1.807) is 12.1 Å². The molecule has 51 heavy (non-hydrogen) atoms. The van der Waals surface area contributed by atoms with Crippen LogP contribution in [0.3, 0.4) is 0 Å². The van der Waals surface area contributed by atoms with Crippen molar-refractivity contribution in [3.8, 4) is 0 Å². The number of hydrogen-bond acceptors (Lipinski definition) is 9. The van der Waals surface area contributed by atoms with Crippen LogP contribution in [0.25, 0.3) is 0 Å². The molecule has 16 heteroatoms. The first-order valence-electron chi connectivity index (χ1n) is 17.9. The van der Waals surface area contributed by atoms with E-state index < -0.39 is 80.6 Å². The third-order valence-corrected chi connectivity index (χ3v) is 12.6. The summed E-state index contributed by atoms with van der Waals surface area (Å²) in [5.74, 6) is -2.70. The summed E-state index contributed by atoms with van der Waals surface area (Å²) in [6.07, 6.45) is 7.28. The van der Waals surface area contributed by atoms with Crippen molar-refractivity contribution >= 4 is 39.9 Å². The molecule has 0 radical (unpaired) electrons. The van der Waals surface area contributed by atoms with Gasteiger partial charge >= 0.3 is 12.2 Å². The molecule has 3 aliphatic heterocycles. The van der Waals surface area contributed by atoms with Crippen LogP contribution in [0.4, 0.5) is 14.0 Å². The summed E-state index contributed by atoms with van der Waals surface area (Å²) in [6.45, 7) is 0.214. The number of carbonyl (C=O) groups is 5. The second kappa shape index (κ2) is 14.1. The van der Waals surface area contributed by atoms with E-state index in [9.17, 15) is 36.8 Å². The molecule has 14 nitrogen and oxygen atoms in total. The molecule has 276 valence electrons. The predicted molar refractivity (Wildman–Crippen MR) is 178 cm³/mol. The van der Waals surface area contributed by atoms with Gasteiger partial charge in [-0.1, -0.05) is 37.1 Å². The molecule has 0 unspecified atom stereocenters. The average Bonchev–Trinajstić information content (AvgIpc) is 4.03. The monoisotopic (exact) mass is 729 g/mol. The summed E-state index contributed by atoms with van der Waals surface area (Å²) < 4.78 is 53.2. The fraction of sp³-hybridized carbons (Fsp3) is 0.629. The van der Waals surface area contributed by atoms with Crippen molar-refractivity contribution in [2.75, 3.05) is 13.2 Å². The van der Waals surface area contributed by atoms with E-state index in [2.05, 4.69) is 15.4 Å². The van der Waals surface area contributed by atoms with Crippen molar-refractivity contribution in [1.29, 1.82) is 0 Å². The van der Waals surface area contributed by atoms with Gasteiger partial charge in [-0.15, -0.1) is 0 Å². The number of halogens is 1. The molecule has 0 spiro atoms. The first-order valence-corrected chi connectivity index (χ1v) is 19.5. The van der Waals surface area contributed by atoms with Gasteiger partial charge in [0.1, 0.15) is 29.5 Å². The van der Waals surface area contributed by atoms with Gasteiger partial charge in [0.15, 0.2) is 0 Å². The SMILES string of the molecule is O=C(N[C@H]1CCCCC/C=C\[C@H]2C[C@@]2(C(=O)NS(=O)(=O)C2CC2)NC(=O)[C@@H]2C[C@@H](OC(=O)N3Cc4cccc(F)c4C3)CN2C1=O)OCC1CC1. The van der Waals surface area contributed by atoms with Crippen LogP contribution in [0, 0.1) is 17.7 Å². The molecule has 5 atom stereocenters. The molecule has 1 aromatic rings. The van der Waals surface area contributed by atoms with Gasteiger partial charge in [0.2, 0.25) is 21.8 Å². The summed E-state index contributed by atoms with van der Waals surface area (Å²) in [4.78, 5) is 70.7. The van der Waals surface area contributed by atoms with Crippen molar-refractivity contribution in [1.82, 2.24) is 25.2 Å². The Hall–Kier alpha value is -4.21. The largest absolute Gasteiger partial charge is 0.449 e. The summed E-state index contributed by atoms with van der Waals surface area (Å²) in [6, 6.07) is 2.37. The average molecular weight is 730 g/mol. The van der Waals surface area contributed by atoms with Gasteiger partial charge in [-0.2, -0.15) is 0 Å². The van der Waals surface area contributed by atoms with Crippen LogP contribution in [-0.2, 0) is 47.0 Å². The molecule has 1 aromatic carbocycles. The van der Waals surface area contributed by atoms with Crippen molar-refractivity contribution in [2.45, 2.75) is 113 Å². The van der Waals surface area contributed by atoms with Crippen LogP contribution in [-0.4, -0.2) is 90.3 Å². The van der Waals surface area contributed by atoms with E-state index in [0.717, 1.165) is 25.7 Å². The third-order valence-electron chi connectivity index (χ3n) is 10.7. The summed E-state index contributed by atoms with van der Waals surface area (Å²) in [5.41, 5.74) is -0.496. The van der Waals surface area contributed by atoms with Gasteiger partial charge in [-0.05, 0) is 68.9 Å². The zero-order chi connectivity index (χ0) is 35.9. The number of amides is 5. The Morgan fingerprint density at radius 2 is 1.84 bits per heavy atom. The van der Waals surface area contributed by atoms with Crippen LogP contribution in [0.15, 0.2) is 30.4 Å². The van der Waals surface area contributed by atoms with Crippen molar-refractivity contribution in [3.63, 3.8) is 0 Å². The standard InChI is InChI=1S/C35H44FN5O9S/c36-27-9-6-7-22-17-40(19-26(22)27)34(46)50-24-15-29-30(42)38-35(32(44)39-51(47,48)25-13-14-25)16-23(35)8-4-2-1-3-5-10-28(31(43)41(29)18-24)37-33(45)49-20-21-11-12-21/h4,6-9,21,23-25,28-29H,1-3,5,10-20H2,(H,37,45)(H,38,42)(H,39,44)/b8-4-/t23-,24+,28-,29-,35+/m0/s1. The lowest BCUT2D eigenvalue weighted by Crippen LogP contribution is -2.58. The number of hydrogen-bond donors (Lipinski definition) is 3. The summed E-state index contributed by atoms with van der Waals surface area (Å²) in [5, 5.41) is 4.83. The smallest absolute Gasteiger partial charge is 0.410 e. The number of ether oxygens (including phenoxy) is 2. The topological polar surface area (TPSA) is 181 Å². The maximum absolute atomic E-state index is 14.4. The van der Waals surface area contributed by atoms with Crippen LogP contribution < -0.4 is 15.4 Å². The molecule has 3 saturated carbocycles. The Morgan fingerprint density at radius 1 is 1.04 bits per heavy atom. The van der Waals surface area contributed by atoms with E-state index in [-0.39, 0.29) is 45.5 Å². The van der Waals surface area contributed by atoms with Crippen molar-refractivity contribution in [3.05, 3.63) is 47.3 Å². The predicted octanol–water partition coefficient (Wildman–Crippen LogP) is 2.76. The minimum absolute atomic E-state index is 0.00534.